The first kappa shape index (κ1) is 19.7. The molecule has 0 saturated carbocycles. The number of hydrogen-bond acceptors (Lipinski definition) is 7. The van der Waals surface area contributed by atoms with E-state index < -0.39 is 18.1 Å². The number of Topliss-reactive ketones (excluding diaryl/α,β-unsaturated/α-hetero) is 1. The zero-order valence-electron chi connectivity index (χ0n) is 16.9. The van der Waals surface area contributed by atoms with Crippen molar-refractivity contribution in [2.45, 2.75) is 19.1 Å². The highest BCUT2D eigenvalue weighted by Gasteiger charge is 2.49. The predicted octanol–water partition coefficient (Wildman–Crippen LogP) is 1.44. The second-order valence-corrected chi connectivity index (χ2v) is 6.82. The van der Waals surface area contributed by atoms with Gasteiger partial charge in [-0.25, -0.2) is 4.99 Å². The predicted molar refractivity (Wildman–Crippen MR) is 105 cm³/mol. The summed E-state index contributed by atoms with van der Waals surface area (Å²) < 4.78 is 16.1. The second kappa shape index (κ2) is 7.53. The van der Waals surface area contributed by atoms with Crippen LogP contribution in [0.2, 0.25) is 0 Å². The van der Waals surface area contributed by atoms with Gasteiger partial charge in [0.2, 0.25) is 11.7 Å². The molecule has 2 heterocycles. The Morgan fingerprint density at radius 2 is 1.57 bits per heavy atom. The molecule has 1 aromatic carbocycles. The molecule has 0 spiro atoms. The molecule has 3 unspecified atom stereocenters. The Balaban J connectivity index is 1.91. The van der Waals surface area contributed by atoms with E-state index in [9.17, 15) is 9.59 Å². The van der Waals surface area contributed by atoms with Crippen molar-refractivity contribution in [2.24, 2.45) is 10.9 Å². The summed E-state index contributed by atoms with van der Waals surface area (Å²) in [5.74, 6) is 1.29. The molecule has 150 valence electrons. The Labute approximate surface area is 164 Å². The van der Waals surface area contributed by atoms with Crippen LogP contribution in [0.1, 0.15) is 12.5 Å². The average molecular weight is 387 g/mol. The number of carbonyl (C=O) groups is 2. The van der Waals surface area contributed by atoms with E-state index in [2.05, 4.69) is 4.99 Å². The fourth-order valence-electron chi connectivity index (χ4n) is 3.62. The molecule has 3 rings (SSSR count). The Kier molecular flexibility index (Phi) is 5.31. The first-order chi connectivity index (χ1) is 13.3. The van der Waals surface area contributed by atoms with E-state index >= 15 is 0 Å². The molecule has 0 aromatic heterocycles. The number of likely N-dealkylation sites (N-methyl/N-ethyl adjacent to an activating group) is 2. The van der Waals surface area contributed by atoms with Gasteiger partial charge in [-0.3, -0.25) is 9.59 Å². The number of ether oxygens (including phenoxy) is 3. The minimum Gasteiger partial charge on any atom is -0.493 e. The SMILES string of the molecule is COc1cc(/C=C/C2=NC3C(C(=O)C(C)C(=O)N3C)N2C)cc(OC)c1OC. The van der Waals surface area contributed by atoms with Gasteiger partial charge < -0.3 is 24.0 Å². The quantitative estimate of drug-likeness (QED) is 0.712. The van der Waals surface area contributed by atoms with Crippen LogP contribution >= 0.6 is 0 Å². The van der Waals surface area contributed by atoms with E-state index in [0.717, 1.165) is 5.56 Å². The Bertz CT molecular complexity index is 838. The van der Waals surface area contributed by atoms with E-state index in [4.69, 9.17) is 14.2 Å². The van der Waals surface area contributed by atoms with E-state index in [0.29, 0.717) is 23.1 Å². The highest BCUT2D eigenvalue weighted by Crippen LogP contribution is 2.38. The van der Waals surface area contributed by atoms with Crippen molar-refractivity contribution in [3.05, 3.63) is 23.8 Å². The fourth-order valence-corrected chi connectivity index (χ4v) is 3.62. The van der Waals surface area contributed by atoms with Crippen molar-refractivity contribution < 1.29 is 23.8 Å². The summed E-state index contributed by atoms with van der Waals surface area (Å²) in [6.07, 6.45) is 3.17. The van der Waals surface area contributed by atoms with Crippen molar-refractivity contribution in [1.29, 1.82) is 0 Å². The van der Waals surface area contributed by atoms with Crippen LogP contribution in [0.15, 0.2) is 23.2 Å². The lowest BCUT2D eigenvalue weighted by atomic mass is 9.91. The first-order valence-corrected chi connectivity index (χ1v) is 8.93. The lowest BCUT2D eigenvalue weighted by Crippen LogP contribution is -2.59. The summed E-state index contributed by atoms with van der Waals surface area (Å²) in [5, 5.41) is 0. The zero-order chi connectivity index (χ0) is 20.6. The van der Waals surface area contributed by atoms with E-state index in [1.807, 2.05) is 36.2 Å². The normalized spacial score (nSPS) is 24.5. The number of nitrogens with zero attached hydrogens (tertiary/aromatic N) is 3. The number of likely N-dealkylation sites (tertiary alicyclic amines) is 1. The number of aliphatic imine (C=N–C) groups is 1. The number of benzene rings is 1. The molecular formula is C20H25N3O5. The van der Waals surface area contributed by atoms with Crippen molar-refractivity contribution >= 4 is 23.6 Å². The molecule has 0 aliphatic carbocycles. The van der Waals surface area contributed by atoms with Gasteiger partial charge >= 0.3 is 0 Å². The Morgan fingerprint density at radius 3 is 2.11 bits per heavy atom. The van der Waals surface area contributed by atoms with Crippen LogP contribution in [-0.2, 0) is 9.59 Å². The highest BCUT2D eigenvalue weighted by molar-refractivity contribution is 6.10. The van der Waals surface area contributed by atoms with E-state index in [1.165, 1.54) is 0 Å². The Morgan fingerprint density at radius 1 is 0.964 bits per heavy atom. The molecule has 2 aliphatic heterocycles. The fraction of sp³-hybridized carbons (Fsp3) is 0.450. The summed E-state index contributed by atoms with van der Waals surface area (Å²) in [6, 6.07) is 3.18. The van der Waals surface area contributed by atoms with Crippen molar-refractivity contribution in [2.75, 3.05) is 35.4 Å². The molecule has 0 radical (unpaired) electrons. The lowest BCUT2D eigenvalue weighted by Gasteiger charge is -2.37. The van der Waals surface area contributed by atoms with Gasteiger partial charge in [-0.15, -0.1) is 0 Å². The summed E-state index contributed by atoms with van der Waals surface area (Å²) in [4.78, 5) is 32.8. The molecule has 8 heteroatoms. The zero-order valence-corrected chi connectivity index (χ0v) is 16.9. The largest absolute Gasteiger partial charge is 0.493 e. The summed E-state index contributed by atoms with van der Waals surface area (Å²) in [5.41, 5.74) is 0.824. The van der Waals surface area contributed by atoms with Gasteiger partial charge in [0.05, 0.1) is 27.2 Å². The minimum absolute atomic E-state index is 0.101. The molecule has 1 amide bonds. The maximum Gasteiger partial charge on any atom is 0.234 e. The van der Waals surface area contributed by atoms with Gasteiger partial charge in [0.25, 0.3) is 0 Å². The van der Waals surface area contributed by atoms with Crippen LogP contribution < -0.4 is 14.2 Å². The number of piperidine rings is 1. The number of rotatable bonds is 5. The molecule has 0 bridgehead atoms. The average Bonchev–Trinajstić information content (AvgIpc) is 3.04. The van der Waals surface area contributed by atoms with Crippen LogP contribution in [0.5, 0.6) is 17.2 Å². The number of amides is 1. The number of carbonyl (C=O) groups excluding carboxylic acids is 2. The number of amidine groups is 1. The smallest absolute Gasteiger partial charge is 0.234 e. The number of fused-ring (bicyclic) bond motifs is 1. The maximum atomic E-state index is 12.6. The van der Waals surface area contributed by atoms with Crippen LogP contribution in [-0.4, -0.2) is 75.0 Å². The topological polar surface area (TPSA) is 80.7 Å². The standard InChI is InChI=1S/C20H25N3O5/c1-11-17(24)16-19(23(3)20(11)25)21-15(22(16)2)8-7-12-9-13(26-4)18(28-6)14(10-12)27-5/h7-11,16,19H,1-6H3/b8-7+. The summed E-state index contributed by atoms with van der Waals surface area (Å²) >= 11 is 0. The van der Waals surface area contributed by atoms with Crippen LogP contribution in [0, 0.1) is 5.92 Å². The van der Waals surface area contributed by atoms with E-state index in [-0.39, 0.29) is 11.7 Å². The lowest BCUT2D eigenvalue weighted by molar-refractivity contribution is -0.149. The van der Waals surface area contributed by atoms with Gasteiger partial charge in [-0.1, -0.05) is 6.08 Å². The molecule has 28 heavy (non-hydrogen) atoms. The van der Waals surface area contributed by atoms with Crippen LogP contribution in [0.25, 0.3) is 6.08 Å². The van der Waals surface area contributed by atoms with Crippen molar-refractivity contribution in [1.82, 2.24) is 9.80 Å². The Hall–Kier alpha value is -3.03. The van der Waals surface area contributed by atoms with Gasteiger partial charge in [-0.05, 0) is 30.7 Å². The molecule has 1 aromatic rings. The molecule has 1 fully saturated rings. The second-order valence-electron chi connectivity index (χ2n) is 6.82. The maximum absolute atomic E-state index is 12.6. The van der Waals surface area contributed by atoms with Crippen LogP contribution in [0.4, 0.5) is 0 Å². The third-order valence-corrected chi connectivity index (χ3v) is 5.27. The van der Waals surface area contributed by atoms with Gasteiger partial charge in [0.1, 0.15) is 11.9 Å². The number of hydrogen-bond donors (Lipinski definition) is 0. The molecule has 0 N–H and O–H groups in total. The number of methoxy groups -OCH3 is 3. The van der Waals surface area contributed by atoms with Gasteiger partial charge in [-0.2, -0.15) is 0 Å². The third kappa shape index (κ3) is 3.08. The summed E-state index contributed by atoms with van der Waals surface area (Å²) in [7, 11) is 8.17. The number of ketones is 1. The molecule has 1 saturated heterocycles. The molecule has 8 nitrogen and oxygen atoms in total. The van der Waals surface area contributed by atoms with Crippen molar-refractivity contribution in [3.63, 3.8) is 0 Å². The monoisotopic (exact) mass is 387 g/mol. The molecular weight excluding hydrogens is 362 g/mol. The molecule has 3 atom stereocenters. The third-order valence-electron chi connectivity index (χ3n) is 5.27. The van der Waals surface area contributed by atoms with Crippen molar-refractivity contribution in [3.8, 4) is 17.2 Å². The van der Waals surface area contributed by atoms with Crippen LogP contribution in [0.3, 0.4) is 0 Å². The van der Waals surface area contributed by atoms with Gasteiger partial charge in [0.15, 0.2) is 23.4 Å². The van der Waals surface area contributed by atoms with E-state index in [1.54, 1.807) is 40.2 Å². The minimum atomic E-state index is -0.651. The van der Waals surface area contributed by atoms with Gasteiger partial charge in [0, 0.05) is 14.1 Å². The first-order valence-electron chi connectivity index (χ1n) is 8.93. The summed E-state index contributed by atoms with van der Waals surface area (Å²) in [6.45, 7) is 1.65. The highest BCUT2D eigenvalue weighted by atomic mass is 16.5. The molecule has 2 aliphatic rings.